The summed E-state index contributed by atoms with van der Waals surface area (Å²) in [6, 6.07) is 3.45. The molecule has 0 unspecified atom stereocenters. The first-order chi connectivity index (χ1) is 10.8. The SMILES string of the molecule is CCc1ccc(S(=O)(=O)N2CCN(S(=O)(=O)CCOC)CC2)s1. The zero-order valence-corrected chi connectivity index (χ0v) is 15.7. The average molecular weight is 383 g/mol. The van der Waals surface area contributed by atoms with E-state index in [0.29, 0.717) is 4.21 Å². The number of rotatable bonds is 7. The molecule has 2 heterocycles. The third-order valence-electron chi connectivity index (χ3n) is 3.72. The minimum absolute atomic E-state index is 0.0823. The van der Waals surface area contributed by atoms with E-state index in [1.165, 1.54) is 27.1 Å². The van der Waals surface area contributed by atoms with Gasteiger partial charge >= 0.3 is 0 Å². The van der Waals surface area contributed by atoms with E-state index in [2.05, 4.69) is 0 Å². The van der Waals surface area contributed by atoms with E-state index in [1.54, 1.807) is 6.07 Å². The van der Waals surface area contributed by atoms with Gasteiger partial charge < -0.3 is 4.74 Å². The van der Waals surface area contributed by atoms with E-state index in [9.17, 15) is 16.8 Å². The second kappa shape index (κ2) is 7.58. The number of methoxy groups -OCH3 is 1. The summed E-state index contributed by atoms with van der Waals surface area (Å²) in [7, 11) is -5.47. The number of nitrogens with zero attached hydrogens (tertiary/aromatic N) is 2. The lowest BCUT2D eigenvalue weighted by atomic mass is 10.4. The van der Waals surface area contributed by atoms with Crippen LogP contribution < -0.4 is 0 Å². The molecule has 10 heteroatoms. The molecule has 1 aromatic rings. The van der Waals surface area contributed by atoms with Gasteiger partial charge in [-0.2, -0.15) is 8.61 Å². The van der Waals surface area contributed by atoms with Crippen LogP contribution in [0.2, 0.25) is 0 Å². The maximum atomic E-state index is 12.6. The van der Waals surface area contributed by atoms with Crippen LogP contribution in [0.15, 0.2) is 16.3 Å². The van der Waals surface area contributed by atoms with Crippen LogP contribution >= 0.6 is 11.3 Å². The zero-order valence-electron chi connectivity index (χ0n) is 13.3. The summed E-state index contributed by atoms with van der Waals surface area (Å²) in [5.74, 6) is -0.0823. The van der Waals surface area contributed by atoms with Crippen molar-refractivity contribution in [2.75, 3.05) is 45.6 Å². The number of thiophene rings is 1. The van der Waals surface area contributed by atoms with Crippen LogP contribution in [-0.4, -0.2) is 71.1 Å². The number of piperazine rings is 1. The van der Waals surface area contributed by atoms with Crippen molar-refractivity contribution in [3.63, 3.8) is 0 Å². The van der Waals surface area contributed by atoms with Crippen molar-refractivity contribution in [3.8, 4) is 0 Å². The topological polar surface area (TPSA) is 84.0 Å². The molecule has 1 aromatic heterocycles. The van der Waals surface area contributed by atoms with Gasteiger partial charge in [-0.05, 0) is 18.6 Å². The Kier molecular flexibility index (Phi) is 6.20. The molecular formula is C13H22N2O5S3. The molecule has 0 aliphatic carbocycles. The fourth-order valence-electron chi connectivity index (χ4n) is 2.32. The summed E-state index contributed by atoms with van der Waals surface area (Å²) in [5.41, 5.74) is 0. The standard InChI is InChI=1S/C13H22N2O5S3/c1-3-12-4-5-13(21-12)23(18,19)15-8-6-14(7-9-15)22(16,17)11-10-20-2/h4-5H,3,6-11H2,1-2H3. The smallest absolute Gasteiger partial charge is 0.252 e. The molecule has 132 valence electrons. The molecule has 0 amide bonds. The lowest BCUT2D eigenvalue weighted by Crippen LogP contribution is -2.51. The van der Waals surface area contributed by atoms with Crippen molar-refractivity contribution in [1.29, 1.82) is 0 Å². The van der Waals surface area contributed by atoms with Crippen LogP contribution in [0, 0.1) is 0 Å². The van der Waals surface area contributed by atoms with Crippen molar-refractivity contribution in [2.24, 2.45) is 0 Å². The van der Waals surface area contributed by atoms with E-state index in [1.807, 2.05) is 13.0 Å². The molecule has 2 rings (SSSR count). The third-order valence-corrected chi connectivity index (χ3v) is 9.15. The van der Waals surface area contributed by atoms with Crippen molar-refractivity contribution in [2.45, 2.75) is 17.6 Å². The van der Waals surface area contributed by atoms with Crippen LogP contribution in [0.5, 0.6) is 0 Å². The average Bonchev–Trinajstić information content (AvgIpc) is 3.03. The van der Waals surface area contributed by atoms with Gasteiger partial charge in [0.1, 0.15) is 4.21 Å². The molecule has 0 bridgehead atoms. The minimum Gasteiger partial charge on any atom is -0.384 e. The molecule has 0 saturated carbocycles. The van der Waals surface area contributed by atoms with Crippen LogP contribution in [0.4, 0.5) is 0 Å². The maximum absolute atomic E-state index is 12.6. The summed E-state index contributed by atoms with van der Waals surface area (Å²) in [5, 5.41) is 0. The van der Waals surface area contributed by atoms with Gasteiger partial charge in [-0.3, -0.25) is 0 Å². The molecule has 0 N–H and O–H groups in total. The zero-order chi connectivity index (χ0) is 17.1. The summed E-state index contributed by atoms with van der Waals surface area (Å²) in [6.45, 7) is 2.82. The first-order valence-electron chi connectivity index (χ1n) is 7.37. The Morgan fingerprint density at radius 1 is 1.09 bits per heavy atom. The molecular weight excluding hydrogens is 360 g/mol. The molecule has 0 aromatic carbocycles. The van der Waals surface area contributed by atoms with Gasteiger partial charge in [0, 0.05) is 38.2 Å². The highest BCUT2D eigenvalue weighted by atomic mass is 32.2. The molecule has 23 heavy (non-hydrogen) atoms. The van der Waals surface area contributed by atoms with Gasteiger partial charge in [0.05, 0.1) is 12.4 Å². The van der Waals surface area contributed by atoms with Crippen molar-refractivity contribution >= 4 is 31.4 Å². The Morgan fingerprint density at radius 2 is 1.70 bits per heavy atom. The number of hydrogen-bond donors (Lipinski definition) is 0. The molecule has 0 spiro atoms. The van der Waals surface area contributed by atoms with Crippen LogP contribution in [0.1, 0.15) is 11.8 Å². The van der Waals surface area contributed by atoms with Gasteiger partial charge in [-0.15, -0.1) is 11.3 Å². The number of sulfonamides is 2. The molecule has 1 aliphatic rings. The van der Waals surface area contributed by atoms with Gasteiger partial charge in [0.2, 0.25) is 10.0 Å². The summed E-state index contributed by atoms with van der Waals surface area (Å²) in [4.78, 5) is 1.02. The fourth-order valence-corrected chi connectivity index (χ4v) is 6.55. The molecule has 7 nitrogen and oxygen atoms in total. The minimum atomic E-state index is -3.53. The maximum Gasteiger partial charge on any atom is 0.252 e. The highest BCUT2D eigenvalue weighted by Crippen LogP contribution is 2.26. The van der Waals surface area contributed by atoms with E-state index < -0.39 is 20.0 Å². The Bertz CT molecular complexity index is 719. The van der Waals surface area contributed by atoms with Crippen molar-refractivity contribution in [1.82, 2.24) is 8.61 Å². The molecule has 1 aliphatic heterocycles. The van der Waals surface area contributed by atoms with Gasteiger partial charge in [-0.1, -0.05) is 6.92 Å². The molecule has 1 fully saturated rings. The lowest BCUT2D eigenvalue weighted by Gasteiger charge is -2.32. The Hall–Kier alpha value is -0.520. The lowest BCUT2D eigenvalue weighted by molar-refractivity contribution is 0.213. The van der Waals surface area contributed by atoms with E-state index in [4.69, 9.17) is 4.74 Å². The summed E-state index contributed by atoms with van der Waals surface area (Å²) < 4.78 is 57.2. The van der Waals surface area contributed by atoms with Gasteiger partial charge in [-0.25, -0.2) is 16.8 Å². The molecule has 0 radical (unpaired) electrons. The van der Waals surface area contributed by atoms with Crippen molar-refractivity contribution < 1.29 is 21.6 Å². The third kappa shape index (κ3) is 4.31. The summed E-state index contributed by atoms with van der Waals surface area (Å²) in [6.07, 6.45) is 0.797. The van der Waals surface area contributed by atoms with Crippen LogP contribution in [-0.2, 0) is 31.2 Å². The van der Waals surface area contributed by atoms with Gasteiger partial charge in [0.25, 0.3) is 10.0 Å². The Balaban J connectivity index is 2.03. The number of hydrogen-bond acceptors (Lipinski definition) is 6. The van der Waals surface area contributed by atoms with Gasteiger partial charge in [0.15, 0.2) is 0 Å². The van der Waals surface area contributed by atoms with Crippen LogP contribution in [0.3, 0.4) is 0 Å². The fraction of sp³-hybridized carbons (Fsp3) is 0.692. The molecule has 0 atom stereocenters. The van der Waals surface area contributed by atoms with Crippen LogP contribution in [0.25, 0.3) is 0 Å². The molecule has 1 saturated heterocycles. The second-order valence-electron chi connectivity index (χ2n) is 5.19. The second-order valence-corrected chi connectivity index (χ2v) is 10.6. The normalized spacial score (nSPS) is 18.3. The monoisotopic (exact) mass is 382 g/mol. The first kappa shape index (κ1) is 18.8. The number of ether oxygens (including phenoxy) is 1. The van der Waals surface area contributed by atoms with Crippen molar-refractivity contribution in [3.05, 3.63) is 17.0 Å². The predicted molar refractivity (Wildman–Crippen MR) is 89.7 cm³/mol. The number of aryl methyl sites for hydroxylation is 1. The predicted octanol–water partition coefficient (Wildman–Crippen LogP) is 0.593. The summed E-state index contributed by atoms with van der Waals surface area (Å²) >= 11 is 1.27. The Morgan fingerprint density at radius 3 is 2.22 bits per heavy atom. The first-order valence-corrected chi connectivity index (χ1v) is 11.2. The van der Waals surface area contributed by atoms with E-state index in [-0.39, 0.29) is 38.5 Å². The largest absolute Gasteiger partial charge is 0.384 e. The van der Waals surface area contributed by atoms with E-state index >= 15 is 0 Å². The van der Waals surface area contributed by atoms with E-state index in [0.717, 1.165) is 11.3 Å². The quantitative estimate of drug-likeness (QED) is 0.689. The Labute approximate surface area is 142 Å². The highest BCUT2D eigenvalue weighted by Gasteiger charge is 2.33. The highest BCUT2D eigenvalue weighted by molar-refractivity contribution is 7.91.